The number of carbonyl (C=O) groups excluding carboxylic acids is 1. The summed E-state index contributed by atoms with van der Waals surface area (Å²) in [5.74, 6) is 1.70. The zero-order chi connectivity index (χ0) is 17.9. The second kappa shape index (κ2) is 6.86. The fourth-order valence-corrected chi connectivity index (χ4v) is 2.90. The first-order valence-electron chi connectivity index (χ1n) is 8.23. The van der Waals surface area contributed by atoms with Gasteiger partial charge in [0.1, 0.15) is 30.5 Å². The zero-order valence-corrected chi connectivity index (χ0v) is 14.1. The van der Waals surface area contributed by atoms with Crippen molar-refractivity contribution in [2.24, 2.45) is 5.92 Å². The molecule has 0 spiro atoms. The van der Waals surface area contributed by atoms with Gasteiger partial charge in [-0.15, -0.1) is 0 Å². The van der Waals surface area contributed by atoms with Crippen LogP contribution in [0.2, 0.25) is 0 Å². The Labute approximate surface area is 148 Å². The third-order valence-electron chi connectivity index (χ3n) is 4.38. The van der Waals surface area contributed by atoms with Crippen molar-refractivity contribution in [2.45, 2.75) is 19.8 Å². The molecule has 1 aliphatic heterocycles. The number of piperidine rings is 1. The van der Waals surface area contributed by atoms with Crippen LogP contribution in [0.25, 0.3) is 5.82 Å². The highest BCUT2D eigenvalue weighted by Gasteiger charge is 2.27. The third kappa shape index (κ3) is 3.23. The molecule has 0 atom stereocenters. The molecule has 4 heterocycles. The molecule has 3 aromatic heterocycles. The van der Waals surface area contributed by atoms with E-state index >= 15 is 0 Å². The number of hydrogen-bond donors (Lipinski definition) is 1. The van der Waals surface area contributed by atoms with Crippen molar-refractivity contribution in [1.82, 2.24) is 35.0 Å². The second-order valence-electron chi connectivity index (χ2n) is 6.02. The lowest BCUT2D eigenvalue weighted by Crippen LogP contribution is -2.38. The summed E-state index contributed by atoms with van der Waals surface area (Å²) in [6.07, 6.45) is 5.99. The minimum atomic E-state index is -0.0843. The molecule has 1 saturated heterocycles. The van der Waals surface area contributed by atoms with Gasteiger partial charge in [-0.25, -0.2) is 24.3 Å². The Morgan fingerprint density at radius 3 is 2.69 bits per heavy atom. The van der Waals surface area contributed by atoms with Crippen LogP contribution in [0.1, 0.15) is 18.5 Å². The average Bonchev–Trinajstić information content (AvgIpc) is 3.35. The lowest BCUT2D eigenvalue weighted by Gasteiger charge is -2.32. The summed E-state index contributed by atoms with van der Waals surface area (Å²) < 4.78 is 6.18. The summed E-state index contributed by atoms with van der Waals surface area (Å²) >= 11 is 0. The van der Waals surface area contributed by atoms with Gasteiger partial charge in [-0.1, -0.05) is 5.16 Å². The first kappa shape index (κ1) is 16.1. The lowest BCUT2D eigenvalue weighted by atomic mass is 9.96. The summed E-state index contributed by atoms with van der Waals surface area (Å²) in [5, 5.41) is 14.2. The van der Waals surface area contributed by atoms with Crippen LogP contribution in [-0.4, -0.2) is 54.0 Å². The Morgan fingerprint density at radius 1 is 1.19 bits per heavy atom. The van der Waals surface area contributed by atoms with Crippen molar-refractivity contribution in [3.8, 4) is 5.82 Å². The number of aromatic nitrogens is 7. The van der Waals surface area contributed by atoms with Gasteiger partial charge < -0.3 is 10.2 Å². The van der Waals surface area contributed by atoms with Crippen LogP contribution in [0, 0.1) is 12.8 Å². The van der Waals surface area contributed by atoms with Gasteiger partial charge in [-0.05, 0) is 24.9 Å². The molecule has 0 bridgehead atoms. The van der Waals surface area contributed by atoms with Crippen molar-refractivity contribution in [3.63, 3.8) is 0 Å². The van der Waals surface area contributed by atoms with Crippen LogP contribution in [0.4, 0.5) is 11.6 Å². The number of nitrogens with zero attached hydrogens (tertiary/aromatic N) is 8. The quantitative estimate of drug-likeness (QED) is 0.715. The van der Waals surface area contributed by atoms with Crippen molar-refractivity contribution in [3.05, 3.63) is 30.7 Å². The molecule has 0 radical (unpaired) electrons. The molecule has 1 N–H and O–H groups in total. The number of amides is 1. The van der Waals surface area contributed by atoms with E-state index in [9.17, 15) is 4.79 Å². The van der Waals surface area contributed by atoms with Gasteiger partial charge in [-0.3, -0.25) is 4.79 Å². The van der Waals surface area contributed by atoms with E-state index in [1.54, 1.807) is 17.9 Å². The Hall–Kier alpha value is -3.37. The highest BCUT2D eigenvalue weighted by Crippen LogP contribution is 2.23. The summed E-state index contributed by atoms with van der Waals surface area (Å²) in [6.45, 7) is 3.18. The second-order valence-corrected chi connectivity index (χ2v) is 6.02. The molecule has 11 heteroatoms. The summed E-state index contributed by atoms with van der Waals surface area (Å²) in [7, 11) is 0. The predicted octanol–water partition coefficient (Wildman–Crippen LogP) is 0.604. The topological polar surface area (TPSA) is 128 Å². The van der Waals surface area contributed by atoms with E-state index in [-0.39, 0.29) is 11.8 Å². The van der Waals surface area contributed by atoms with Crippen molar-refractivity contribution in [1.29, 1.82) is 0 Å². The molecule has 1 aliphatic rings. The van der Waals surface area contributed by atoms with Gasteiger partial charge >= 0.3 is 0 Å². The number of aryl methyl sites for hydroxylation is 1. The third-order valence-corrected chi connectivity index (χ3v) is 4.38. The van der Waals surface area contributed by atoms with Crippen molar-refractivity contribution in [2.75, 3.05) is 23.3 Å². The Bertz CT molecular complexity index is 884. The first-order chi connectivity index (χ1) is 12.7. The molecule has 4 rings (SSSR count). The molecular formula is C15H17N9O2. The van der Waals surface area contributed by atoms with Crippen LogP contribution in [0.5, 0.6) is 0 Å². The summed E-state index contributed by atoms with van der Waals surface area (Å²) in [4.78, 5) is 27.0. The monoisotopic (exact) mass is 355 g/mol. The van der Waals surface area contributed by atoms with Crippen LogP contribution in [-0.2, 0) is 4.79 Å². The zero-order valence-electron chi connectivity index (χ0n) is 14.1. The Balaban J connectivity index is 1.38. The maximum absolute atomic E-state index is 12.4. The van der Waals surface area contributed by atoms with E-state index < -0.39 is 0 Å². The number of rotatable bonds is 4. The molecule has 1 amide bonds. The predicted molar refractivity (Wildman–Crippen MR) is 89.6 cm³/mol. The van der Waals surface area contributed by atoms with Crippen LogP contribution in [0.15, 0.2) is 29.7 Å². The Kier molecular flexibility index (Phi) is 4.25. The van der Waals surface area contributed by atoms with Gasteiger partial charge in [0.25, 0.3) is 0 Å². The Morgan fingerprint density at radius 2 is 2.00 bits per heavy atom. The average molecular weight is 355 g/mol. The van der Waals surface area contributed by atoms with E-state index in [1.165, 1.54) is 12.7 Å². The summed E-state index contributed by atoms with van der Waals surface area (Å²) in [6, 6.07) is 1.86. The molecule has 0 aliphatic carbocycles. The molecule has 1 fully saturated rings. The van der Waals surface area contributed by atoms with Gasteiger partial charge in [0.2, 0.25) is 5.91 Å². The molecule has 0 unspecified atom stereocenters. The van der Waals surface area contributed by atoms with Crippen LogP contribution >= 0.6 is 0 Å². The number of carbonyl (C=O) groups is 1. The highest BCUT2D eigenvalue weighted by molar-refractivity contribution is 5.92. The standard InChI is InChI=1S/C15H17N9O2/c1-10-14(22-26-21-10)20-15(25)11-2-4-23(5-3-11)12-6-13(18-8-17-12)24-9-16-7-19-24/h6-9,11H,2-5H2,1H3,(H,20,22,25). The van der Waals surface area contributed by atoms with Crippen molar-refractivity contribution >= 4 is 17.5 Å². The van der Waals surface area contributed by atoms with Gasteiger partial charge in [0, 0.05) is 25.1 Å². The summed E-state index contributed by atoms with van der Waals surface area (Å²) in [5.41, 5.74) is 0.567. The van der Waals surface area contributed by atoms with E-state index in [0.717, 1.165) is 31.7 Å². The van der Waals surface area contributed by atoms with Crippen molar-refractivity contribution < 1.29 is 9.42 Å². The maximum atomic E-state index is 12.4. The molecule has 11 nitrogen and oxygen atoms in total. The molecule has 26 heavy (non-hydrogen) atoms. The SMILES string of the molecule is Cc1nonc1NC(=O)C1CCN(c2cc(-n3cncn3)ncn2)CC1. The van der Waals surface area contributed by atoms with E-state index in [2.05, 4.69) is 45.2 Å². The molecular weight excluding hydrogens is 338 g/mol. The van der Waals surface area contributed by atoms with E-state index in [0.29, 0.717) is 17.3 Å². The smallest absolute Gasteiger partial charge is 0.228 e. The first-order valence-corrected chi connectivity index (χ1v) is 8.23. The van der Waals surface area contributed by atoms with Gasteiger partial charge in [0.15, 0.2) is 11.6 Å². The molecule has 0 aromatic carbocycles. The largest absolute Gasteiger partial charge is 0.356 e. The number of nitrogens with one attached hydrogen (secondary N) is 1. The highest BCUT2D eigenvalue weighted by atomic mass is 16.6. The normalized spacial score (nSPS) is 15.2. The lowest BCUT2D eigenvalue weighted by molar-refractivity contribution is -0.120. The molecule has 0 saturated carbocycles. The van der Waals surface area contributed by atoms with Gasteiger partial charge in [-0.2, -0.15) is 5.10 Å². The number of anilines is 2. The maximum Gasteiger partial charge on any atom is 0.228 e. The van der Waals surface area contributed by atoms with Crippen LogP contribution in [0.3, 0.4) is 0 Å². The minimum absolute atomic E-state index is 0.0607. The molecule has 3 aromatic rings. The van der Waals surface area contributed by atoms with E-state index in [4.69, 9.17) is 0 Å². The molecule has 134 valence electrons. The minimum Gasteiger partial charge on any atom is -0.356 e. The number of hydrogen-bond acceptors (Lipinski definition) is 9. The fraction of sp³-hybridized carbons (Fsp3) is 0.400. The van der Waals surface area contributed by atoms with E-state index in [1.807, 2.05) is 6.07 Å². The van der Waals surface area contributed by atoms with Crippen LogP contribution < -0.4 is 10.2 Å². The fourth-order valence-electron chi connectivity index (χ4n) is 2.90. The van der Waals surface area contributed by atoms with Gasteiger partial charge in [0.05, 0.1) is 0 Å².